The number of amides is 3. The van der Waals surface area contributed by atoms with Crippen molar-refractivity contribution in [3.05, 3.63) is 78.6 Å². The van der Waals surface area contributed by atoms with E-state index in [1.807, 2.05) is 54.6 Å². The van der Waals surface area contributed by atoms with E-state index in [0.29, 0.717) is 29.3 Å². The topological polar surface area (TPSA) is 127 Å². The maximum Gasteiger partial charge on any atom is 0.330 e. The van der Waals surface area contributed by atoms with Crippen molar-refractivity contribution in [1.29, 1.82) is 5.26 Å². The molecule has 0 fully saturated rings. The van der Waals surface area contributed by atoms with Crippen LogP contribution in [0, 0.1) is 11.3 Å². The van der Waals surface area contributed by atoms with Crippen molar-refractivity contribution in [2.24, 2.45) is 0 Å². The summed E-state index contributed by atoms with van der Waals surface area (Å²) < 4.78 is 1.54. The number of nitriles is 1. The molecule has 10 heteroatoms. The summed E-state index contributed by atoms with van der Waals surface area (Å²) in [6.45, 7) is 7.26. The Morgan fingerprint density at radius 2 is 1.79 bits per heavy atom. The van der Waals surface area contributed by atoms with Crippen molar-refractivity contribution in [2.45, 2.75) is 13.8 Å². The van der Waals surface area contributed by atoms with Gasteiger partial charge in [-0.25, -0.2) is 14.6 Å². The number of pyridine rings is 1. The highest BCUT2D eigenvalue weighted by Gasteiger charge is 2.12. The zero-order chi connectivity index (χ0) is 26.9. The zero-order valence-electron chi connectivity index (χ0n) is 21.4. The van der Waals surface area contributed by atoms with Gasteiger partial charge in [0.15, 0.2) is 0 Å². The van der Waals surface area contributed by atoms with Crippen LogP contribution in [0.3, 0.4) is 0 Å². The Morgan fingerprint density at radius 3 is 2.53 bits per heavy atom. The molecule has 0 aliphatic rings. The number of aromatic nitrogens is 2. The minimum Gasteiger partial charge on any atom is -0.354 e. The van der Waals surface area contributed by atoms with Crippen LogP contribution in [0.25, 0.3) is 10.9 Å². The van der Waals surface area contributed by atoms with E-state index in [9.17, 15) is 14.9 Å². The SMILES string of the molecule is CCN(CC)CCNC(=O)Nc1cc(Nc2ccc3c(ccn3C(=O)Nc3ccccc3)c2)c(C#N)cn1. The summed E-state index contributed by atoms with van der Waals surface area (Å²) in [7, 11) is 0. The predicted octanol–water partition coefficient (Wildman–Crippen LogP) is 5.20. The second-order valence-electron chi connectivity index (χ2n) is 8.52. The van der Waals surface area contributed by atoms with E-state index < -0.39 is 0 Å². The number of rotatable bonds is 9. The average molecular weight is 511 g/mol. The van der Waals surface area contributed by atoms with E-state index in [-0.39, 0.29) is 12.1 Å². The van der Waals surface area contributed by atoms with Gasteiger partial charge in [0.05, 0.1) is 16.8 Å². The number of carbonyl (C=O) groups excluding carboxylic acids is 2. The maximum absolute atomic E-state index is 12.8. The maximum atomic E-state index is 12.8. The molecule has 194 valence electrons. The Bertz CT molecular complexity index is 1450. The monoisotopic (exact) mass is 510 g/mol. The number of benzene rings is 2. The fourth-order valence-electron chi connectivity index (χ4n) is 4.00. The number of carbonyl (C=O) groups is 2. The molecule has 38 heavy (non-hydrogen) atoms. The van der Waals surface area contributed by atoms with Gasteiger partial charge in [-0.3, -0.25) is 9.88 Å². The standard InChI is InChI=1S/C28H30N8O2/c1-3-35(4-2)15-13-30-27(37)34-26-17-24(21(18-29)19-31-26)32-23-10-11-25-20(16-23)12-14-36(25)28(38)33-22-8-6-5-7-9-22/h5-12,14,16-17,19H,3-4,13,15H2,1-2H3,(H,33,38)(H3,30,31,32,34,37). The molecule has 0 aliphatic carbocycles. The Morgan fingerprint density at radius 1 is 1.00 bits per heavy atom. The molecule has 0 saturated carbocycles. The molecular formula is C28H30N8O2. The van der Waals surface area contributed by atoms with Gasteiger partial charge >= 0.3 is 12.1 Å². The molecular weight excluding hydrogens is 480 g/mol. The highest BCUT2D eigenvalue weighted by Crippen LogP contribution is 2.26. The quantitative estimate of drug-likeness (QED) is 0.245. The lowest BCUT2D eigenvalue weighted by molar-refractivity contribution is 0.247. The second kappa shape index (κ2) is 12.4. The van der Waals surface area contributed by atoms with Gasteiger partial charge < -0.3 is 20.9 Å². The van der Waals surface area contributed by atoms with Gasteiger partial charge in [-0.2, -0.15) is 5.26 Å². The molecule has 2 aromatic heterocycles. The summed E-state index contributed by atoms with van der Waals surface area (Å²) in [5, 5.41) is 22.0. The summed E-state index contributed by atoms with van der Waals surface area (Å²) >= 11 is 0. The van der Waals surface area contributed by atoms with Gasteiger partial charge in [0.1, 0.15) is 11.9 Å². The smallest absolute Gasteiger partial charge is 0.330 e. The summed E-state index contributed by atoms with van der Waals surface area (Å²) in [5.74, 6) is 0.316. The van der Waals surface area contributed by atoms with Crippen molar-refractivity contribution < 1.29 is 9.59 Å². The fraction of sp³-hybridized carbons (Fsp3) is 0.214. The molecule has 0 saturated heterocycles. The van der Waals surface area contributed by atoms with E-state index in [1.54, 1.807) is 16.8 Å². The van der Waals surface area contributed by atoms with Crippen LogP contribution in [0.5, 0.6) is 0 Å². The van der Waals surface area contributed by atoms with Crippen molar-refractivity contribution in [1.82, 2.24) is 19.8 Å². The molecule has 0 unspecified atom stereocenters. The number of likely N-dealkylation sites (N-methyl/N-ethyl adjacent to an activating group) is 1. The minimum absolute atomic E-state index is 0.265. The summed E-state index contributed by atoms with van der Waals surface area (Å²) in [4.78, 5) is 31.5. The van der Waals surface area contributed by atoms with Crippen molar-refractivity contribution in [3.63, 3.8) is 0 Å². The van der Waals surface area contributed by atoms with Gasteiger partial charge in [-0.15, -0.1) is 0 Å². The van der Waals surface area contributed by atoms with Crippen LogP contribution in [0.4, 0.5) is 32.5 Å². The highest BCUT2D eigenvalue weighted by atomic mass is 16.2. The third-order valence-electron chi connectivity index (χ3n) is 6.09. The lowest BCUT2D eigenvalue weighted by Crippen LogP contribution is -2.37. The number of urea groups is 1. The first-order valence-electron chi connectivity index (χ1n) is 12.4. The van der Waals surface area contributed by atoms with Gasteiger partial charge in [-0.05, 0) is 49.5 Å². The predicted molar refractivity (Wildman–Crippen MR) is 150 cm³/mol. The lowest BCUT2D eigenvalue weighted by Gasteiger charge is -2.18. The number of para-hydroxylation sites is 1. The van der Waals surface area contributed by atoms with Crippen molar-refractivity contribution in [3.8, 4) is 6.07 Å². The third-order valence-corrected chi connectivity index (χ3v) is 6.09. The number of hydrogen-bond donors (Lipinski definition) is 4. The molecule has 3 amide bonds. The Balaban J connectivity index is 1.45. The first-order valence-corrected chi connectivity index (χ1v) is 12.4. The summed E-state index contributed by atoms with van der Waals surface area (Å²) in [5.41, 5.74) is 3.00. The highest BCUT2D eigenvalue weighted by molar-refractivity contribution is 5.99. The molecule has 0 radical (unpaired) electrons. The van der Waals surface area contributed by atoms with Gasteiger partial charge in [0.25, 0.3) is 0 Å². The zero-order valence-corrected chi connectivity index (χ0v) is 21.4. The Hall–Kier alpha value is -4.88. The molecule has 0 bridgehead atoms. The number of anilines is 4. The van der Waals surface area contributed by atoms with Crippen LogP contribution in [0.2, 0.25) is 0 Å². The second-order valence-corrected chi connectivity index (χ2v) is 8.52. The van der Waals surface area contributed by atoms with Crippen molar-refractivity contribution >= 4 is 45.8 Å². The molecule has 4 rings (SSSR count). The molecule has 4 aromatic rings. The largest absolute Gasteiger partial charge is 0.354 e. The van der Waals surface area contributed by atoms with Crippen LogP contribution in [-0.4, -0.2) is 52.7 Å². The summed E-state index contributed by atoms with van der Waals surface area (Å²) in [6, 6.07) is 19.7. The van der Waals surface area contributed by atoms with Gasteiger partial charge in [0.2, 0.25) is 0 Å². The first-order chi connectivity index (χ1) is 18.5. The van der Waals surface area contributed by atoms with E-state index in [1.165, 1.54) is 6.20 Å². The summed E-state index contributed by atoms with van der Waals surface area (Å²) in [6.07, 6.45) is 3.12. The number of hydrogen-bond acceptors (Lipinski definition) is 6. The van der Waals surface area contributed by atoms with Crippen LogP contribution in [-0.2, 0) is 0 Å². The number of fused-ring (bicyclic) bond motifs is 1. The molecule has 10 nitrogen and oxygen atoms in total. The number of nitrogens with one attached hydrogen (secondary N) is 4. The molecule has 0 aliphatic heterocycles. The minimum atomic E-state index is -0.364. The Kier molecular flexibility index (Phi) is 8.53. The van der Waals surface area contributed by atoms with Crippen LogP contribution in [0.1, 0.15) is 19.4 Å². The van der Waals surface area contributed by atoms with Crippen LogP contribution >= 0.6 is 0 Å². The third kappa shape index (κ3) is 6.46. The lowest BCUT2D eigenvalue weighted by atomic mass is 10.2. The van der Waals surface area contributed by atoms with Crippen LogP contribution in [0.15, 0.2) is 73.1 Å². The fourth-order valence-corrected chi connectivity index (χ4v) is 4.00. The van der Waals surface area contributed by atoms with Crippen LogP contribution < -0.4 is 21.3 Å². The van der Waals surface area contributed by atoms with Crippen molar-refractivity contribution in [2.75, 3.05) is 42.1 Å². The Labute approximate surface area is 221 Å². The van der Waals surface area contributed by atoms with Gasteiger partial charge in [0, 0.05) is 48.3 Å². The molecule has 2 heterocycles. The van der Waals surface area contributed by atoms with Gasteiger partial charge in [-0.1, -0.05) is 32.0 Å². The van der Waals surface area contributed by atoms with E-state index in [2.05, 4.69) is 51.1 Å². The number of nitrogens with zero attached hydrogens (tertiary/aromatic N) is 4. The van der Waals surface area contributed by atoms with E-state index in [4.69, 9.17) is 0 Å². The molecule has 4 N–H and O–H groups in total. The molecule has 0 spiro atoms. The first kappa shape index (κ1) is 26.2. The molecule has 2 aromatic carbocycles. The average Bonchev–Trinajstić information content (AvgIpc) is 3.35. The van der Waals surface area contributed by atoms with E-state index >= 15 is 0 Å². The molecule has 0 atom stereocenters. The van der Waals surface area contributed by atoms with E-state index in [0.717, 1.165) is 36.2 Å². The normalized spacial score (nSPS) is 10.7.